The van der Waals surface area contributed by atoms with E-state index in [0.717, 1.165) is 32.2 Å². The smallest absolute Gasteiger partial charge is 0.244 e. The van der Waals surface area contributed by atoms with Gasteiger partial charge in [-0.2, -0.15) is 0 Å². The highest BCUT2D eigenvalue weighted by molar-refractivity contribution is 7.92. The number of sulfonamides is 1. The van der Waals surface area contributed by atoms with Crippen LogP contribution in [0.5, 0.6) is 5.75 Å². The zero-order chi connectivity index (χ0) is 19.3. The van der Waals surface area contributed by atoms with E-state index in [1.807, 2.05) is 6.92 Å². The van der Waals surface area contributed by atoms with Crippen LogP contribution in [-0.2, 0) is 14.8 Å². The minimum Gasteiger partial charge on any atom is -0.497 e. The molecule has 1 atom stereocenters. The van der Waals surface area contributed by atoms with Crippen LogP contribution in [0.25, 0.3) is 0 Å². The van der Waals surface area contributed by atoms with E-state index in [2.05, 4.69) is 17.3 Å². The zero-order valence-electron chi connectivity index (χ0n) is 15.9. The number of anilines is 1. The van der Waals surface area contributed by atoms with Crippen molar-refractivity contribution in [2.24, 2.45) is 0 Å². The lowest BCUT2D eigenvalue weighted by atomic mass is 10.0. The summed E-state index contributed by atoms with van der Waals surface area (Å²) in [5.74, 6) is 0.289. The van der Waals surface area contributed by atoms with Crippen molar-refractivity contribution >= 4 is 21.6 Å². The Hall–Kier alpha value is -1.80. The Labute approximate surface area is 156 Å². The molecule has 1 amide bonds. The van der Waals surface area contributed by atoms with Gasteiger partial charge in [-0.05, 0) is 51.5 Å². The first-order chi connectivity index (χ1) is 12.3. The van der Waals surface area contributed by atoms with Crippen LogP contribution in [0.15, 0.2) is 24.3 Å². The molecule has 0 radical (unpaired) electrons. The number of methoxy groups -OCH3 is 1. The summed E-state index contributed by atoms with van der Waals surface area (Å²) in [7, 11) is -0.0617. The lowest BCUT2D eigenvalue weighted by Gasteiger charge is -2.34. The van der Waals surface area contributed by atoms with Crippen molar-refractivity contribution in [2.75, 3.05) is 37.8 Å². The van der Waals surface area contributed by atoms with E-state index >= 15 is 0 Å². The Balaban J connectivity index is 2.25. The first kappa shape index (κ1) is 20.5. The molecule has 0 unspecified atom stereocenters. The Morgan fingerprint density at radius 1 is 1.38 bits per heavy atom. The quantitative estimate of drug-likeness (QED) is 0.771. The van der Waals surface area contributed by atoms with Gasteiger partial charge in [-0.1, -0.05) is 13.0 Å². The van der Waals surface area contributed by atoms with Crippen LogP contribution in [0, 0.1) is 0 Å². The molecule has 0 aromatic heterocycles. The largest absolute Gasteiger partial charge is 0.497 e. The van der Waals surface area contributed by atoms with E-state index in [1.165, 1.54) is 11.4 Å². The molecule has 8 heteroatoms. The molecule has 1 N–H and O–H groups in total. The number of nitrogens with zero attached hydrogens (tertiary/aromatic N) is 2. The minimum atomic E-state index is -3.64. The number of amides is 1. The normalized spacial score (nSPS) is 17.5. The van der Waals surface area contributed by atoms with Gasteiger partial charge in [-0.3, -0.25) is 9.10 Å². The van der Waals surface area contributed by atoms with Crippen LogP contribution < -0.4 is 14.4 Å². The summed E-state index contributed by atoms with van der Waals surface area (Å²) in [6.45, 7) is 3.66. The SMILES string of the molecule is CC[C@H](C(=O)NC1CCN(C)CC1)N(c1cccc(OC)c1)S(C)(=O)=O. The highest BCUT2D eigenvalue weighted by Gasteiger charge is 2.33. The van der Waals surface area contributed by atoms with Crippen LogP contribution in [0.2, 0.25) is 0 Å². The molecule has 1 aromatic carbocycles. The molecule has 1 fully saturated rings. The van der Waals surface area contributed by atoms with Crippen LogP contribution in [0.4, 0.5) is 5.69 Å². The molecule has 1 aromatic rings. The van der Waals surface area contributed by atoms with Crippen LogP contribution in [0.1, 0.15) is 26.2 Å². The van der Waals surface area contributed by atoms with Crippen LogP contribution in [-0.4, -0.2) is 64.8 Å². The lowest BCUT2D eigenvalue weighted by Crippen LogP contribution is -2.53. The zero-order valence-corrected chi connectivity index (χ0v) is 16.8. The van der Waals surface area contributed by atoms with Gasteiger partial charge in [0.05, 0.1) is 19.1 Å². The van der Waals surface area contributed by atoms with Crippen molar-refractivity contribution in [2.45, 2.75) is 38.3 Å². The second-order valence-electron chi connectivity index (χ2n) is 6.77. The van der Waals surface area contributed by atoms with Crippen LogP contribution >= 0.6 is 0 Å². The second-order valence-corrected chi connectivity index (χ2v) is 8.63. The molecule has 1 aliphatic rings. The predicted molar refractivity (Wildman–Crippen MR) is 103 cm³/mol. The number of hydrogen-bond donors (Lipinski definition) is 1. The second kappa shape index (κ2) is 8.73. The minimum absolute atomic E-state index is 0.0828. The molecule has 0 bridgehead atoms. The number of hydrogen-bond acceptors (Lipinski definition) is 5. The summed E-state index contributed by atoms with van der Waals surface area (Å²) in [5, 5.41) is 3.04. The highest BCUT2D eigenvalue weighted by atomic mass is 32.2. The highest BCUT2D eigenvalue weighted by Crippen LogP contribution is 2.26. The van der Waals surface area contributed by atoms with E-state index in [-0.39, 0.29) is 11.9 Å². The fourth-order valence-corrected chi connectivity index (χ4v) is 4.46. The number of likely N-dealkylation sites (tertiary alicyclic amines) is 1. The van der Waals surface area contributed by atoms with Gasteiger partial charge in [0.25, 0.3) is 0 Å². The summed E-state index contributed by atoms with van der Waals surface area (Å²) in [5.41, 5.74) is 0.428. The number of carbonyl (C=O) groups is 1. The van der Waals surface area contributed by atoms with Gasteiger partial charge in [0.15, 0.2) is 0 Å². The van der Waals surface area contributed by atoms with Crippen molar-refractivity contribution in [3.05, 3.63) is 24.3 Å². The maximum absolute atomic E-state index is 12.9. The number of ether oxygens (including phenoxy) is 1. The molecule has 2 rings (SSSR count). The van der Waals surface area contributed by atoms with E-state index in [9.17, 15) is 13.2 Å². The molecule has 1 heterocycles. The fraction of sp³-hybridized carbons (Fsp3) is 0.611. The van der Waals surface area contributed by atoms with Crippen molar-refractivity contribution in [3.63, 3.8) is 0 Å². The van der Waals surface area contributed by atoms with Gasteiger partial charge >= 0.3 is 0 Å². The topological polar surface area (TPSA) is 79.0 Å². The van der Waals surface area contributed by atoms with E-state index < -0.39 is 16.1 Å². The molecular weight excluding hydrogens is 354 g/mol. The molecule has 0 spiro atoms. The molecule has 146 valence electrons. The van der Waals surface area contributed by atoms with Crippen molar-refractivity contribution in [3.8, 4) is 5.75 Å². The number of rotatable bonds is 7. The molecule has 0 aliphatic carbocycles. The van der Waals surface area contributed by atoms with Gasteiger partial charge in [0.1, 0.15) is 11.8 Å². The number of benzene rings is 1. The summed E-state index contributed by atoms with van der Waals surface area (Å²) < 4.78 is 31.3. The molecule has 1 saturated heterocycles. The van der Waals surface area contributed by atoms with Crippen LogP contribution in [0.3, 0.4) is 0 Å². The molecule has 26 heavy (non-hydrogen) atoms. The summed E-state index contributed by atoms with van der Waals surface area (Å²) in [6.07, 6.45) is 3.24. The Morgan fingerprint density at radius 2 is 2.04 bits per heavy atom. The maximum atomic E-state index is 12.9. The third-order valence-corrected chi connectivity index (χ3v) is 5.88. The van der Waals surface area contributed by atoms with Gasteiger partial charge in [0, 0.05) is 12.1 Å². The average Bonchev–Trinajstić information content (AvgIpc) is 2.60. The number of nitrogens with one attached hydrogen (secondary N) is 1. The van der Waals surface area contributed by atoms with E-state index in [1.54, 1.807) is 24.3 Å². The molecule has 7 nitrogen and oxygen atoms in total. The molecule has 0 saturated carbocycles. The first-order valence-electron chi connectivity index (χ1n) is 8.88. The monoisotopic (exact) mass is 383 g/mol. The van der Waals surface area contributed by atoms with E-state index in [4.69, 9.17) is 4.74 Å². The van der Waals surface area contributed by atoms with Gasteiger partial charge in [0.2, 0.25) is 15.9 Å². The van der Waals surface area contributed by atoms with Gasteiger partial charge in [-0.15, -0.1) is 0 Å². The number of carbonyl (C=O) groups excluding carboxylic acids is 1. The molecular formula is C18H29N3O4S. The summed E-state index contributed by atoms with van der Waals surface area (Å²) in [4.78, 5) is 15.1. The van der Waals surface area contributed by atoms with Crippen molar-refractivity contribution in [1.82, 2.24) is 10.2 Å². The maximum Gasteiger partial charge on any atom is 0.244 e. The Morgan fingerprint density at radius 3 is 2.58 bits per heavy atom. The Bertz CT molecular complexity index is 715. The molecule has 1 aliphatic heterocycles. The van der Waals surface area contributed by atoms with Gasteiger partial charge in [-0.25, -0.2) is 8.42 Å². The third kappa shape index (κ3) is 5.11. The number of piperidine rings is 1. The first-order valence-corrected chi connectivity index (χ1v) is 10.7. The van der Waals surface area contributed by atoms with Crippen molar-refractivity contribution < 1.29 is 17.9 Å². The van der Waals surface area contributed by atoms with Crippen molar-refractivity contribution in [1.29, 1.82) is 0 Å². The van der Waals surface area contributed by atoms with Gasteiger partial charge < -0.3 is 15.0 Å². The predicted octanol–water partition coefficient (Wildman–Crippen LogP) is 1.45. The lowest BCUT2D eigenvalue weighted by molar-refractivity contribution is -0.123. The fourth-order valence-electron chi connectivity index (χ4n) is 3.26. The Kier molecular flexibility index (Phi) is 6.88. The average molecular weight is 384 g/mol. The summed E-state index contributed by atoms with van der Waals surface area (Å²) in [6, 6.07) is 6.05. The standard InChI is InChI=1S/C18H29N3O4S/c1-5-17(18(22)19-14-9-11-20(2)12-10-14)21(26(4,23)24)15-7-6-8-16(13-15)25-3/h6-8,13-14,17H,5,9-12H2,1-4H3,(H,19,22)/t17-/m1/s1. The van der Waals surface area contributed by atoms with E-state index in [0.29, 0.717) is 17.9 Å². The summed E-state index contributed by atoms with van der Waals surface area (Å²) >= 11 is 0. The third-order valence-electron chi connectivity index (χ3n) is 4.70.